The van der Waals surface area contributed by atoms with Crippen molar-refractivity contribution in [1.82, 2.24) is 5.32 Å². The van der Waals surface area contributed by atoms with Crippen LogP contribution in [0.3, 0.4) is 0 Å². The Morgan fingerprint density at radius 1 is 0.846 bits per heavy atom. The van der Waals surface area contributed by atoms with Crippen LogP contribution in [0.5, 0.6) is 0 Å². The fourth-order valence-electron chi connectivity index (χ4n) is 5.04. The number of carbonyl (C=O) groups excluding carboxylic acids is 1. The fourth-order valence-corrected chi connectivity index (χ4v) is 5.04. The second kappa shape index (κ2) is 16.5. The molecule has 1 amide bonds. The summed E-state index contributed by atoms with van der Waals surface area (Å²) in [7, 11) is 0. The predicted molar refractivity (Wildman–Crippen MR) is 138 cm³/mol. The molecule has 228 valence electrons. The maximum absolute atomic E-state index is 12.0. The Labute approximate surface area is 231 Å². The largest absolute Gasteiger partial charge is 0.390 e. The minimum absolute atomic E-state index is 0.0418. The second-order valence-corrected chi connectivity index (χ2v) is 11.0. The highest BCUT2D eigenvalue weighted by Crippen LogP contribution is 2.30. The molecule has 3 heterocycles. The van der Waals surface area contributed by atoms with Gasteiger partial charge in [0.2, 0.25) is 5.91 Å². The standard InChI is InChI=1S/C27H49NO11/c1-4-5-6-7-8-22(31)28-11-12-34-26-24(33)21(39-27-23(32)20(30)13-17(3)37-27)14-18(38-26)15-35-25-19(29)10-9-16(2)36-25/h16-21,23-27,29-30,32-33H,4-15H2,1-3H3,(H,28,31)/t16?,17?,18?,19?,20?,21?,23?,24?,25-,26-,27+/m0/s1. The molecule has 0 aromatic rings. The van der Waals surface area contributed by atoms with Crippen molar-refractivity contribution >= 4 is 5.91 Å². The SMILES string of the molecule is CCCCCCC(=O)NCCO[C@H]1OC(CO[C@H]2OC(C)CCC2O)CC(O[C@H]2OC(C)CC(O)C2O)C1O. The summed E-state index contributed by atoms with van der Waals surface area (Å²) in [6.07, 6.45) is -2.86. The summed E-state index contributed by atoms with van der Waals surface area (Å²) >= 11 is 0. The Hall–Kier alpha value is -0.930. The molecule has 3 aliphatic rings. The lowest BCUT2D eigenvalue weighted by molar-refractivity contribution is -0.332. The Bertz CT molecular complexity index is 715. The van der Waals surface area contributed by atoms with E-state index in [1.165, 1.54) is 0 Å². The molecule has 0 aromatic heterocycles. The van der Waals surface area contributed by atoms with Crippen molar-refractivity contribution in [1.29, 1.82) is 0 Å². The van der Waals surface area contributed by atoms with Gasteiger partial charge in [-0.05, 0) is 33.1 Å². The molecule has 0 bridgehead atoms. The molecule has 12 heteroatoms. The number of unbranched alkanes of at least 4 members (excludes halogenated alkanes) is 3. The number of amides is 1. The van der Waals surface area contributed by atoms with Gasteiger partial charge in [0.25, 0.3) is 0 Å². The third-order valence-corrected chi connectivity index (χ3v) is 7.36. The van der Waals surface area contributed by atoms with Crippen molar-refractivity contribution in [3.8, 4) is 0 Å². The number of hydrogen-bond donors (Lipinski definition) is 5. The van der Waals surface area contributed by atoms with Crippen LogP contribution in [0.25, 0.3) is 0 Å². The molecule has 0 aromatic carbocycles. The molecule has 3 rings (SSSR count). The van der Waals surface area contributed by atoms with Crippen LogP contribution in [-0.4, -0.2) is 114 Å². The Morgan fingerprint density at radius 3 is 2.38 bits per heavy atom. The maximum Gasteiger partial charge on any atom is 0.220 e. The molecule has 3 saturated heterocycles. The lowest BCUT2D eigenvalue weighted by atomic mass is 10.0. The van der Waals surface area contributed by atoms with Gasteiger partial charge in [0, 0.05) is 25.8 Å². The van der Waals surface area contributed by atoms with E-state index < -0.39 is 55.5 Å². The van der Waals surface area contributed by atoms with Crippen molar-refractivity contribution in [3.63, 3.8) is 0 Å². The summed E-state index contributed by atoms with van der Waals surface area (Å²) in [6.45, 7) is 6.19. The van der Waals surface area contributed by atoms with Crippen molar-refractivity contribution in [2.75, 3.05) is 19.8 Å². The van der Waals surface area contributed by atoms with Crippen molar-refractivity contribution in [3.05, 3.63) is 0 Å². The molecule has 3 aliphatic heterocycles. The first-order chi connectivity index (χ1) is 18.7. The van der Waals surface area contributed by atoms with Gasteiger partial charge in [-0.1, -0.05) is 26.2 Å². The molecule has 0 saturated carbocycles. The van der Waals surface area contributed by atoms with Gasteiger partial charge in [-0.15, -0.1) is 0 Å². The normalized spacial score (nSPS) is 39.4. The monoisotopic (exact) mass is 563 g/mol. The molecule has 0 spiro atoms. The molecular weight excluding hydrogens is 514 g/mol. The van der Waals surface area contributed by atoms with Crippen LogP contribution in [-0.2, 0) is 33.2 Å². The Kier molecular flexibility index (Phi) is 13.8. The number of ether oxygens (including phenoxy) is 6. The van der Waals surface area contributed by atoms with Gasteiger partial charge in [0.05, 0.1) is 43.7 Å². The van der Waals surface area contributed by atoms with Gasteiger partial charge in [-0.3, -0.25) is 4.79 Å². The minimum Gasteiger partial charge on any atom is -0.390 e. The molecular formula is C27H49NO11. The molecule has 0 aliphatic carbocycles. The summed E-state index contributed by atoms with van der Waals surface area (Å²) in [6, 6.07) is 0. The van der Waals surface area contributed by atoms with Gasteiger partial charge in [0.1, 0.15) is 18.3 Å². The van der Waals surface area contributed by atoms with Gasteiger partial charge >= 0.3 is 0 Å². The molecule has 39 heavy (non-hydrogen) atoms. The molecule has 12 nitrogen and oxygen atoms in total. The average molecular weight is 564 g/mol. The van der Waals surface area contributed by atoms with Gasteiger partial charge in [-0.2, -0.15) is 0 Å². The number of rotatable bonds is 14. The van der Waals surface area contributed by atoms with Crippen LogP contribution in [0.15, 0.2) is 0 Å². The summed E-state index contributed by atoms with van der Waals surface area (Å²) in [4.78, 5) is 12.0. The van der Waals surface area contributed by atoms with Gasteiger partial charge in [0.15, 0.2) is 18.9 Å². The summed E-state index contributed by atoms with van der Waals surface area (Å²) in [5.74, 6) is -0.0521. The molecule has 5 N–H and O–H groups in total. The van der Waals surface area contributed by atoms with Crippen molar-refractivity contribution in [2.45, 2.75) is 146 Å². The maximum atomic E-state index is 12.0. The Balaban J connectivity index is 1.55. The zero-order chi connectivity index (χ0) is 28.4. The number of aliphatic hydroxyl groups excluding tert-OH is 4. The number of hydrogen-bond acceptors (Lipinski definition) is 11. The van der Waals surface area contributed by atoms with E-state index in [0.717, 1.165) is 32.1 Å². The zero-order valence-corrected chi connectivity index (χ0v) is 23.5. The molecule has 8 unspecified atom stereocenters. The lowest BCUT2D eigenvalue weighted by Gasteiger charge is -2.43. The van der Waals surface area contributed by atoms with Crippen LogP contribution in [0.4, 0.5) is 0 Å². The van der Waals surface area contributed by atoms with E-state index >= 15 is 0 Å². The fraction of sp³-hybridized carbons (Fsp3) is 0.963. The Morgan fingerprint density at radius 2 is 1.62 bits per heavy atom. The lowest BCUT2D eigenvalue weighted by Crippen LogP contribution is -2.56. The quantitative estimate of drug-likeness (QED) is 0.189. The van der Waals surface area contributed by atoms with Crippen LogP contribution in [0.2, 0.25) is 0 Å². The summed E-state index contributed by atoms with van der Waals surface area (Å²) in [5.41, 5.74) is 0. The van der Waals surface area contributed by atoms with E-state index in [-0.39, 0.29) is 50.7 Å². The number of carbonyl (C=O) groups is 1. The van der Waals surface area contributed by atoms with Crippen molar-refractivity contribution < 1.29 is 53.6 Å². The van der Waals surface area contributed by atoms with E-state index in [4.69, 9.17) is 28.4 Å². The highest BCUT2D eigenvalue weighted by molar-refractivity contribution is 5.75. The van der Waals surface area contributed by atoms with Gasteiger partial charge < -0.3 is 54.2 Å². The zero-order valence-electron chi connectivity index (χ0n) is 23.5. The van der Waals surface area contributed by atoms with E-state index in [1.807, 2.05) is 6.92 Å². The van der Waals surface area contributed by atoms with Crippen LogP contribution in [0, 0.1) is 0 Å². The highest BCUT2D eigenvalue weighted by atomic mass is 16.7. The molecule has 0 radical (unpaired) electrons. The summed E-state index contributed by atoms with van der Waals surface area (Å²) in [5, 5.41) is 44.6. The summed E-state index contributed by atoms with van der Waals surface area (Å²) < 4.78 is 34.9. The average Bonchev–Trinajstić information content (AvgIpc) is 2.90. The smallest absolute Gasteiger partial charge is 0.220 e. The minimum atomic E-state index is -1.27. The van der Waals surface area contributed by atoms with E-state index in [9.17, 15) is 25.2 Å². The van der Waals surface area contributed by atoms with Gasteiger partial charge in [-0.25, -0.2) is 0 Å². The first kappa shape index (κ1) is 32.6. The van der Waals surface area contributed by atoms with E-state index in [2.05, 4.69) is 12.2 Å². The van der Waals surface area contributed by atoms with Crippen LogP contribution >= 0.6 is 0 Å². The highest BCUT2D eigenvalue weighted by Gasteiger charge is 2.44. The van der Waals surface area contributed by atoms with E-state index in [0.29, 0.717) is 12.8 Å². The van der Waals surface area contributed by atoms with Crippen LogP contribution < -0.4 is 5.32 Å². The van der Waals surface area contributed by atoms with Crippen LogP contribution in [0.1, 0.15) is 78.6 Å². The van der Waals surface area contributed by atoms with E-state index in [1.54, 1.807) is 6.92 Å². The first-order valence-corrected chi connectivity index (χ1v) is 14.5. The predicted octanol–water partition coefficient (Wildman–Crippen LogP) is 0.710. The molecule has 3 fully saturated rings. The third kappa shape index (κ3) is 10.4. The van der Waals surface area contributed by atoms with Crippen molar-refractivity contribution in [2.24, 2.45) is 0 Å². The number of nitrogens with one attached hydrogen (secondary N) is 1. The first-order valence-electron chi connectivity index (χ1n) is 14.5. The number of aliphatic hydroxyl groups is 4. The third-order valence-electron chi connectivity index (χ3n) is 7.36. The molecule has 11 atom stereocenters. The topological polar surface area (TPSA) is 165 Å². The second-order valence-electron chi connectivity index (χ2n) is 11.0.